The number of hydrogen-bond donors (Lipinski definition) is 6. The maximum absolute atomic E-state index is 12.6. The van der Waals surface area contributed by atoms with E-state index in [2.05, 4.69) is 0 Å². The Balaban J connectivity index is 1.60. The first-order chi connectivity index (χ1) is 14.8. The Bertz CT molecular complexity index is 990. The van der Waals surface area contributed by atoms with Crippen molar-refractivity contribution < 1.29 is 49.6 Å². The number of aliphatic hydroxyl groups excluding tert-OH is 3. The molecular weight excluding hydrogens is 412 g/mol. The van der Waals surface area contributed by atoms with Crippen molar-refractivity contribution >= 4 is 5.78 Å². The third kappa shape index (κ3) is 4.10. The van der Waals surface area contributed by atoms with Gasteiger partial charge in [-0.05, 0) is 18.2 Å². The Morgan fingerprint density at radius 1 is 1.06 bits per heavy atom. The van der Waals surface area contributed by atoms with Crippen LogP contribution in [0.1, 0.15) is 34.9 Å². The summed E-state index contributed by atoms with van der Waals surface area (Å²) in [6, 6.07) is 6.41. The van der Waals surface area contributed by atoms with Crippen molar-refractivity contribution in [1.82, 2.24) is 0 Å². The quantitative estimate of drug-likeness (QED) is 0.377. The van der Waals surface area contributed by atoms with Crippen molar-refractivity contribution in [3.63, 3.8) is 0 Å². The smallest absolute Gasteiger partial charge is 0.202 e. The molecule has 10 nitrogen and oxygen atoms in total. The average molecular weight is 434 g/mol. The molecule has 1 saturated heterocycles. The van der Waals surface area contributed by atoms with Gasteiger partial charge in [-0.25, -0.2) is 0 Å². The highest BCUT2D eigenvalue weighted by Crippen LogP contribution is 2.44. The monoisotopic (exact) mass is 434 g/mol. The van der Waals surface area contributed by atoms with Gasteiger partial charge >= 0.3 is 0 Å². The lowest BCUT2D eigenvalue weighted by Gasteiger charge is -2.36. The number of aromatic hydroxyl groups is 3. The molecule has 0 radical (unpaired) electrons. The number of phenols is 3. The molecule has 0 saturated carbocycles. The van der Waals surface area contributed by atoms with Gasteiger partial charge in [-0.15, -0.1) is 0 Å². The highest BCUT2D eigenvalue weighted by Gasteiger charge is 2.38. The van der Waals surface area contributed by atoms with Crippen molar-refractivity contribution in [3.05, 3.63) is 41.5 Å². The van der Waals surface area contributed by atoms with Crippen LogP contribution in [0.2, 0.25) is 0 Å². The van der Waals surface area contributed by atoms with E-state index in [1.807, 2.05) is 0 Å². The first-order valence-corrected chi connectivity index (χ1v) is 9.64. The molecule has 0 aromatic heterocycles. The molecule has 6 N–H and O–H groups in total. The van der Waals surface area contributed by atoms with Crippen LogP contribution in [0.5, 0.6) is 28.7 Å². The first-order valence-electron chi connectivity index (χ1n) is 9.64. The molecule has 166 valence electrons. The minimum absolute atomic E-state index is 0.00842. The Kier molecular flexibility index (Phi) is 5.63. The number of phenolic OH excluding ortho intramolecular Hbond substituents is 3. The van der Waals surface area contributed by atoms with Crippen LogP contribution in [0, 0.1) is 0 Å². The molecular formula is C21H22O10. The van der Waals surface area contributed by atoms with Gasteiger partial charge in [0.1, 0.15) is 52.6 Å². The molecule has 2 aromatic rings. The molecule has 4 rings (SSSR count). The fraction of sp³-hybridized carbons (Fsp3) is 0.381. The number of ether oxygens (including phenoxy) is 3. The van der Waals surface area contributed by atoms with Crippen molar-refractivity contribution in [3.8, 4) is 28.7 Å². The number of benzene rings is 2. The highest BCUT2D eigenvalue weighted by atomic mass is 16.7. The summed E-state index contributed by atoms with van der Waals surface area (Å²) in [7, 11) is 0. The van der Waals surface area contributed by atoms with Gasteiger partial charge in [0.15, 0.2) is 5.78 Å². The zero-order chi connectivity index (χ0) is 22.3. The van der Waals surface area contributed by atoms with Crippen LogP contribution in [-0.4, -0.2) is 67.6 Å². The van der Waals surface area contributed by atoms with E-state index >= 15 is 0 Å². The van der Waals surface area contributed by atoms with E-state index in [1.165, 1.54) is 30.3 Å². The van der Waals surface area contributed by atoms with Crippen LogP contribution in [0.15, 0.2) is 30.3 Å². The second kappa shape index (κ2) is 8.23. The number of carbonyl (C=O) groups excluding carboxylic acids is 1. The Hall–Kier alpha value is -3.05. The topological polar surface area (TPSA) is 166 Å². The van der Waals surface area contributed by atoms with Gasteiger partial charge in [-0.1, -0.05) is 0 Å². The van der Waals surface area contributed by atoms with Crippen LogP contribution < -0.4 is 9.47 Å². The molecule has 0 amide bonds. The number of ketones is 1. The molecule has 2 aliphatic heterocycles. The normalized spacial score (nSPS) is 28.0. The summed E-state index contributed by atoms with van der Waals surface area (Å²) in [5.74, 6) is -1.00. The molecule has 2 aromatic carbocycles. The number of carbonyl (C=O) groups is 1. The second-order valence-electron chi connectivity index (χ2n) is 7.49. The van der Waals surface area contributed by atoms with Gasteiger partial charge < -0.3 is 44.8 Å². The number of hydrogen-bond acceptors (Lipinski definition) is 10. The summed E-state index contributed by atoms with van der Waals surface area (Å²) in [6.07, 6.45) is -5.67. The lowest BCUT2D eigenvalue weighted by Crippen LogP contribution is -2.51. The van der Waals surface area contributed by atoms with Gasteiger partial charge in [0.05, 0.1) is 19.1 Å². The van der Waals surface area contributed by atoms with Crippen LogP contribution in [0.4, 0.5) is 0 Å². The lowest BCUT2D eigenvalue weighted by molar-refractivity contribution is -0.230. The summed E-state index contributed by atoms with van der Waals surface area (Å²) in [4.78, 5) is 12.6. The molecule has 1 fully saturated rings. The third-order valence-corrected chi connectivity index (χ3v) is 5.31. The maximum Gasteiger partial charge on any atom is 0.202 e. The predicted molar refractivity (Wildman–Crippen MR) is 103 cm³/mol. The summed E-state index contributed by atoms with van der Waals surface area (Å²) >= 11 is 0. The fourth-order valence-corrected chi connectivity index (χ4v) is 3.75. The van der Waals surface area contributed by atoms with Gasteiger partial charge in [-0.3, -0.25) is 4.79 Å². The van der Waals surface area contributed by atoms with Gasteiger partial charge in [-0.2, -0.15) is 0 Å². The maximum atomic E-state index is 12.6. The minimum atomic E-state index is -1.27. The molecule has 0 spiro atoms. The van der Waals surface area contributed by atoms with E-state index in [0.717, 1.165) is 0 Å². The number of Topliss-reactive ketones (excluding diaryl/α,β-unsaturated/α-hetero) is 1. The minimum Gasteiger partial charge on any atom is -0.508 e. The Labute approximate surface area is 176 Å². The highest BCUT2D eigenvalue weighted by molar-refractivity contribution is 6.02. The van der Waals surface area contributed by atoms with Crippen LogP contribution >= 0.6 is 0 Å². The zero-order valence-electron chi connectivity index (χ0n) is 16.2. The zero-order valence-corrected chi connectivity index (χ0v) is 16.2. The molecule has 0 bridgehead atoms. The van der Waals surface area contributed by atoms with Gasteiger partial charge in [0.25, 0.3) is 0 Å². The summed E-state index contributed by atoms with van der Waals surface area (Å²) < 4.78 is 16.9. The standard InChI is InChI=1S/C21H22O10/c22-8-18-21(28)15(27)7-19(31-18)29-10-4-13(25)20-14(26)6-16(30-17(20)5-10)11-3-9(23)1-2-12(11)24/h1-5,15-16,18-19,21-25,27-28H,6-8H2/t15-,16+,18-,19+,21-/m1/s1. The van der Waals surface area contributed by atoms with E-state index in [9.17, 15) is 35.4 Å². The molecule has 0 aliphatic carbocycles. The number of rotatable bonds is 4. The van der Waals surface area contributed by atoms with Crippen molar-refractivity contribution in [2.24, 2.45) is 0 Å². The fourth-order valence-electron chi connectivity index (χ4n) is 3.75. The molecule has 0 unspecified atom stereocenters. The van der Waals surface area contributed by atoms with Crippen LogP contribution in [-0.2, 0) is 4.74 Å². The predicted octanol–water partition coefficient (Wildman–Crippen LogP) is 0.718. The second-order valence-corrected chi connectivity index (χ2v) is 7.49. The van der Waals surface area contributed by atoms with Gasteiger partial charge in [0.2, 0.25) is 6.29 Å². The van der Waals surface area contributed by atoms with Crippen molar-refractivity contribution in [1.29, 1.82) is 0 Å². The largest absolute Gasteiger partial charge is 0.508 e. The molecule has 10 heteroatoms. The summed E-state index contributed by atoms with van der Waals surface area (Å²) in [5.41, 5.74) is 0.166. The number of fused-ring (bicyclic) bond motifs is 1. The van der Waals surface area contributed by atoms with Crippen molar-refractivity contribution in [2.45, 2.75) is 43.5 Å². The molecule has 31 heavy (non-hydrogen) atoms. The molecule has 2 heterocycles. The summed E-state index contributed by atoms with van der Waals surface area (Å²) in [5, 5.41) is 59.2. The van der Waals surface area contributed by atoms with Crippen LogP contribution in [0.25, 0.3) is 0 Å². The van der Waals surface area contributed by atoms with Crippen molar-refractivity contribution in [2.75, 3.05) is 6.61 Å². The van der Waals surface area contributed by atoms with E-state index in [0.29, 0.717) is 0 Å². The SMILES string of the molecule is O=C1C[C@@H](c2cc(O)ccc2O)Oc2cc(O[C@@H]3C[C@@H](O)[C@@H](O)[C@@H](CO)O3)cc(O)c21. The summed E-state index contributed by atoms with van der Waals surface area (Å²) in [6.45, 7) is -0.528. The molecule has 5 atom stereocenters. The third-order valence-electron chi connectivity index (χ3n) is 5.31. The average Bonchev–Trinajstić information content (AvgIpc) is 2.71. The van der Waals surface area contributed by atoms with E-state index < -0.39 is 43.1 Å². The van der Waals surface area contributed by atoms with E-state index in [4.69, 9.17) is 14.2 Å². The Morgan fingerprint density at radius 3 is 2.58 bits per heavy atom. The van der Waals surface area contributed by atoms with E-state index in [-0.39, 0.29) is 52.7 Å². The molecule has 2 aliphatic rings. The Morgan fingerprint density at radius 2 is 1.84 bits per heavy atom. The first kappa shape index (κ1) is 21.2. The number of aliphatic hydroxyl groups is 3. The van der Waals surface area contributed by atoms with E-state index in [1.54, 1.807) is 0 Å². The van der Waals surface area contributed by atoms with Crippen LogP contribution in [0.3, 0.4) is 0 Å². The van der Waals surface area contributed by atoms with Gasteiger partial charge in [0, 0.05) is 24.1 Å². The lowest BCUT2D eigenvalue weighted by atomic mass is 9.95.